The van der Waals surface area contributed by atoms with E-state index >= 15 is 0 Å². The highest BCUT2D eigenvalue weighted by Gasteiger charge is 2.38. The zero-order valence-corrected chi connectivity index (χ0v) is 16.9. The lowest BCUT2D eigenvalue weighted by molar-refractivity contribution is -0.201. The van der Waals surface area contributed by atoms with Crippen LogP contribution in [0.5, 0.6) is 5.75 Å². The molecule has 7 nitrogen and oxygen atoms in total. The van der Waals surface area contributed by atoms with Crippen molar-refractivity contribution >= 4 is 5.91 Å². The van der Waals surface area contributed by atoms with Gasteiger partial charge in [-0.3, -0.25) is 9.59 Å². The molecule has 1 amide bonds. The number of rotatable bonds is 7. The van der Waals surface area contributed by atoms with E-state index in [0.29, 0.717) is 4.68 Å². The number of benzene rings is 2. The Balaban J connectivity index is 2.05. The normalized spacial score (nSPS) is 12.5. The standard InChI is InChI=1S/C21H15F6N3O4/c22-12-2-1-3-13(8-12)30-19(33)15(18(32)28-10-17(31)21(25,26)27)9-16(29-30)11-4-6-14(7-5-11)34-20(23)24/h1-9,17,20,31H,10H2,(H,28,32)/t17-/m1/s1. The van der Waals surface area contributed by atoms with Crippen LogP contribution >= 0.6 is 0 Å². The summed E-state index contributed by atoms with van der Waals surface area (Å²) in [5.41, 5.74) is -1.67. The predicted molar refractivity (Wildman–Crippen MR) is 106 cm³/mol. The van der Waals surface area contributed by atoms with E-state index in [-0.39, 0.29) is 22.7 Å². The summed E-state index contributed by atoms with van der Waals surface area (Å²) in [7, 11) is 0. The fourth-order valence-electron chi connectivity index (χ4n) is 2.79. The van der Waals surface area contributed by atoms with Crippen molar-refractivity contribution in [2.24, 2.45) is 0 Å². The van der Waals surface area contributed by atoms with Gasteiger partial charge in [0.1, 0.15) is 17.1 Å². The molecule has 1 heterocycles. The fourth-order valence-corrected chi connectivity index (χ4v) is 2.79. The summed E-state index contributed by atoms with van der Waals surface area (Å²) in [6.07, 6.45) is -7.87. The van der Waals surface area contributed by atoms with Gasteiger partial charge in [-0.15, -0.1) is 0 Å². The average molecular weight is 487 g/mol. The van der Waals surface area contributed by atoms with Crippen LogP contribution in [0.25, 0.3) is 16.9 Å². The predicted octanol–water partition coefficient (Wildman–Crippen LogP) is 3.29. The van der Waals surface area contributed by atoms with Crippen LogP contribution < -0.4 is 15.6 Å². The number of aromatic nitrogens is 2. The Hall–Kier alpha value is -3.87. The van der Waals surface area contributed by atoms with Crippen molar-refractivity contribution in [1.82, 2.24) is 15.1 Å². The van der Waals surface area contributed by atoms with Crippen LogP contribution in [0, 0.1) is 5.82 Å². The third-order valence-corrected chi connectivity index (χ3v) is 4.42. The summed E-state index contributed by atoms with van der Waals surface area (Å²) in [6, 6.07) is 10.5. The molecule has 0 radical (unpaired) electrons. The number of alkyl halides is 5. The maximum Gasteiger partial charge on any atom is 0.416 e. The molecule has 0 spiro atoms. The number of carbonyl (C=O) groups is 1. The third kappa shape index (κ3) is 5.92. The van der Waals surface area contributed by atoms with Gasteiger partial charge in [0.05, 0.1) is 17.9 Å². The van der Waals surface area contributed by atoms with Gasteiger partial charge in [0.15, 0.2) is 6.10 Å². The number of hydrogen-bond acceptors (Lipinski definition) is 5. The second-order valence-electron chi connectivity index (χ2n) is 6.81. The van der Waals surface area contributed by atoms with E-state index in [9.17, 15) is 35.9 Å². The number of nitrogens with zero attached hydrogens (tertiary/aromatic N) is 2. The van der Waals surface area contributed by atoms with E-state index in [2.05, 4.69) is 9.84 Å². The maximum absolute atomic E-state index is 13.7. The Morgan fingerprint density at radius 2 is 1.79 bits per heavy atom. The van der Waals surface area contributed by atoms with Gasteiger partial charge >= 0.3 is 12.8 Å². The number of hydrogen-bond donors (Lipinski definition) is 2. The van der Waals surface area contributed by atoms with Crippen molar-refractivity contribution < 1.29 is 41.0 Å². The molecular formula is C21H15F6N3O4. The molecule has 0 fully saturated rings. The van der Waals surface area contributed by atoms with E-state index in [4.69, 9.17) is 5.11 Å². The van der Waals surface area contributed by atoms with Crippen molar-refractivity contribution in [3.63, 3.8) is 0 Å². The molecule has 3 rings (SSSR count). The second kappa shape index (κ2) is 9.95. The van der Waals surface area contributed by atoms with Crippen molar-refractivity contribution in [1.29, 1.82) is 0 Å². The molecule has 0 saturated carbocycles. The summed E-state index contributed by atoms with van der Waals surface area (Å²) < 4.78 is 80.9. The van der Waals surface area contributed by atoms with Crippen molar-refractivity contribution in [2.45, 2.75) is 18.9 Å². The third-order valence-electron chi connectivity index (χ3n) is 4.42. The van der Waals surface area contributed by atoms with Crippen molar-refractivity contribution in [3.8, 4) is 22.7 Å². The minimum absolute atomic E-state index is 0.0611. The summed E-state index contributed by atoms with van der Waals surface area (Å²) in [4.78, 5) is 25.4. The van der Waals surface area contributed by atoms with Gasteiger partial charge in [-0.2, -0.15) is 31.7 Å². The van der Waals surface area contributed by atoms with Gasteiger partial charge in [0.25, 0.3) is 11.5 Å². The van der Waals surface area contributed by atoms with Crippen molar-refractivity contribution in [3.05, 3.63) is 76.3 Å². The number of ether oxygens (including phenoxy) is 1. The molecule has 13 heteroatoms. The van der Waals surface area contributed by atoms with Crippen LogP contribution in [-0.4, -0.2) is 46.2 Å². The zero-order chi connectivity index (χ0) is 25.0. The zero-order valence-electron chi connectivity index (χ0n) is 16.9. The monoisotopic (exact) mass is 487 g/mol. The average Bonchev–Trinajstić information content (AvgIpc) is 2.77. The van der Waals surface area contributed by atoms with Crippen LogP contribution in [0.15, 0.2) is 59.4 Å². The first-order chi connectivity index (χ1) is 16.0. The lowest BCUT2D eigenvalue weighted by Gasteiger charge is -2.15. The van der Waals surface area contributed by atoms with E-state index in [1.807, 2.05) is 5.32 Å². The Kier molecular flexibility index (Phi) is 7.25. The fraction of sp³-hybridized carbons (Fsp3) is 0.190. The van der Waals surface area contributed by atoms with Crippen molar-refractivity contribution in [2.75, 3.05) is 6.54 Å². The lowest BCUT2D eigenvalue weighted by atomic mass is 10.1. The molecular weight excluding hydrogens is 472 g/mol. The Morgan fingerprint density at radius 3 is 2.38 bits per heavy atom. The van der Waals surface area contributed by atoms with E-state index in [0.717, 1.165) is 18.2 Å². The van der Waals surface area contributed by atoms with E-state index < -0.39 is 48.3 Å². The van der Waals surface area contributed by atoms with Gasteiger partial charge in [-0.1, -0.05) is 6.07 Å². The first kappa shape index (κ1) is 24.8. The lowest BCUT2D eigenvalue weighted by Crippen LogP contribution is -2.42. The molecule has 1 aromatic heterocycles. The van der Waals surface area contributed by atoms with Gasteiger partial charge < -0.3 is 15.2 Å². The molecule has 0 bridgehead atoms. The first-order valence-corrected chi connectivity index (χ1v) is 9.44. The van der Waals surface area contributed by atoms with E-state index in [1.54, 1.807) is 0 Å². The number of aliphatic hydroxyl groups is 1. The minimum atomic E-state index is -5.00. The molecule has 0 unspecified atom stereocenters. The molecule has 180 valence electrons. The molecule has 0 aliphatic rings. The van der Waals surface area contributed by atoms with Crippen LogP contribution in [-0.2, 0) is 0 Å². The number of amides is 1. The maximum atomic E-state index is 13.7. The SMILES string of the molecule is O=C(NC[C@@H](O)C(F)(F)F)c1cc(-c2ccc(OC(F)F)cc2)nn(-c2cccc(F)c2)c1=O. The second-order valence-corrected chi connectivity index (χ2v) is 6.81. The largest absolute Gasteiger partial charge is 0.435 e. The summed E-state index contributed by atoms with van der Waals surface area (Å²) in [5.74, 6) is -2.17. The number of aliphatic hydroxyl groups excluding tert-OH is 1. The Labute approximate surface area is 187 Å². The first-order valence-electron chi connectivity index (χ1n) is 9.44. The van der Waals surface area contributed by atoms with Crippen LogP contribution in [0.4, 0.5) is 26.3 Å². The molecule has 0 saturated heterocycles. The van der Waals surface area contributed by atoms with Gasteiger partial charge in [-0.05, 0) is 48.5 Å². The molecule has 0 aliphatic heterocycles. The summed E-state index contributed by atoms with van der Waals surface area (Å²) in [6.45, 7) is -4.29. The smallest absolute Gasteiger partial charge is 0.416 e. The number of nitrogens with one attached hydrogen (secondary N) is 1. The molecule has 1 atom stereocenters. The quantitative estimate of drug-likeness (QED) is 0.499. The van der Waals surface area contributed by atoms with Gasteiger partial charge in [0.2, 0.25) is 0 Å². The Morgan fingerprint density at radius 1 is 1.12 bits per heavy atom. The van der Waals surface area contributed by atoms with Gasteiger partial charge in [-0.25, -0.2) is 4.39 Å². The van der Waals surface area contributed by atoms with Crippen LogP contribution in [0.1, 0.15) is 10.4 Å². The molecule has 34 heavy (non-hydrogen) atoms. The summed E-state index contributed by atoms with van der Waals surface area (Å²) in [5, 5.41) is 15.0. The summed E-state index contributed by atoms with van der Waals surface area (Å²) >= 11 is 0. The molecule has 2 N–H and O–H groups in total. The highest BCUT2D eigenvalue weighted by atomic mass is 19.4. The highest BCUT2D eigenvalue weighted by molar-refractivity contribution is 5.94. The van der Waals surface area contributed by atoms with E-state index in [1.165, 1.54) is 36.4 Å². The van der Waals surface area contributed by atoms with Crippen LogP contribution in [0.3, 0.4) is 0 Å². The molecule has 3 aromatic rings. The molecule has 0 aliphatic carbocycles. The minimum Gasteiger partial charge on any atom is -0.435 e. The number of halogens is 6. The van der Waals surface area contributed by atoms with Crippen LogP contribution in [0.2, 0.25) is 0 Å². The Bertz CT molecular complexity index is 1230. The number of carbonyl (C=O) groups excluding carboxylic acids is 1. The highest BCUT2D eigenvalue weighted by Crippen LogP contribution is 2.23. The molecule has 2 aromatic carbocycles. The van der Waals surface area contributed by atoms with Gasteiger partial charge in [0, 0.05) is 5.56 Å². The topological polar surface area (TPSA) is 93.4 Å².